The minimum atomic E-state index is 0.644. The average Bonchev–Trinajstić information content (AvgIpc) is 2.75. The third kappa shape index (κ3) is 3.07. The number of imidazole rings is 1. The lowest BCUT2D eigenvalue weighted by molar-refractivity contribution is -0.104. The first-order chi connectivity index (χ1) is 8.29. The number of rotatable bonds is 4. The van der Waals surface area contributed by atoms with Gasteiger partial charge in [-0.15, -0.1) is 0 Å². The van der Waals surface area contributed by atoms with E-state index >= 15 is 0 Å². The average molecular weight is 244 g/mol. The van der Waals surface area contributed by atoms with Gasteiger partial charge < -0.3 is 4.57 Å². The van der Waals surface area contributed by atoms with Gasteiger partial charge in [0, 0.05) is 19.4 Å². The summed E-state index contributed by atoms with van der Waals surface area (Å²) in [4.78, 5) is 15.8. The second-order valence-corrected chi connectivity index (χ2v) is 4.54. The third-order valence-electron chi connectivity index (χ3n) is 2.21. The molecule has 17 heavy (non-hydrogen) atoms. The molecule has 1 heterocycles. The van der Waals surface area contributed by atoms with E-state index in [0.29, 0.717) is 4.91 Å². The molecular formula is C13H12N2OS. The molecule has 2 aromatic rings. The number of carbonyl (C=O) groups is 1. The molecule has 0 saturated heterocycles. The Morgan fingerprint density at radius 1 is 1.35 bits per heavy atom. The summed E-state index contributed by atoms with van der Waals surface area (Å²) in [5, 5.41) is 0.805. The molecule has 2 rings (SSSR count). The van der Waals surface area contributed by atoms with Gasteiger partial charge in [0.1, 0.15) is 0 Å². The van der Waals surface area contributed by atoms with E-state index < -0.39 is 0 Å². The molecule has 0 saturated carbocycles. The van der Waals surface area contributed by atoms with Crippen LogP contribution in [0.4, 0.5) is 0 Å². The molecule has 0 radical (unpaired) electrons. The standard InChI is InChI=1S/C13H12N2OS/c1-15-8-7-14-13(15)17-12(10-16)9-11-5-3-2-4-6-11/h2-10H,1H3. The number of thioether (sulfide) groups is 1. The Morgan fingerprint density at radius 3 is 2.71 bits per heavy atom. The SMILES string of the molecule is Cn1ccnc1SC(C=O)=Cc1ccccc1. The van der Waals surface area contributed by atoms with Crippen molar-refractivity contribution in [3.8, 4) is 0 Å². The van der Waals surface area contributed by atoms with Crippen LogP contribution in [0.2, 0.25) is 0 Å². The highest BCUT2D eigenvalue weighted by Gasteiger charge is 2.04. The van der Waals surface area contributed by atoms with Gasteiger partial charge in [-0.25, -0.2) is 4.98 Å². The molecule has 1 aromatic heterocycles. The van der Waals surface area contributed by atoms with E-state index in [4.69, 9.17) is 0 Å². The second-order valence-electron chi connectivity index (χ2n) is 3.50. The molecule has 86 valence electrons. The molecular weight excluding hydrogens is 232 g/mol. The highest BCUT2D eigenvalue weighted by Crippen LogP contribution is 2.24. The van der Waals surface area contributed by atoms with Crippen molar-refractivity contribution in [3.05, 3.63) is 53.2 Å². The van der Waals surface area contributed by atoms with Crippen LogP contribution in [0.25, 0.3) is 6.08 Å². The van der Waals surface area contributed by atoms with Crippen LogP contribution in [-0.2, 0) is 11.8 Å². The summed E-state index contributed by atoms with van der Waals surface area (Å²) in [6.45, 7) is 0. The van der Waals surface area contributed by atoms with E-state index in [9.17, 15) is 4.79 Å². The molecule has 0 aliphatic rings. The Kier molecular flexibility index (Phi) is 3.77. The zero-order valence-corrected chi connectivity index (χ0v) is 10.2. The van der Waals surface area contributed by atoms with Gasteiger partial charge in [-0.1, -0.05) is 30.3 Å². The molecule has 0 atom stereocenters. The molecule has 0 N–H and O–H groups in total. The molecule has 0 unspecified atom stereocenters. The normalized spacial score (nSPS) is 11.5. The molecule has 3 nitrogen and oxygen atoms in total. The molecule has 0 bridgehead atoms. The summed E-state index contributed by atoms with van der Waals surface area (Å²) in [6.07, 6.45) is 6.28. The first-order valence-corrected chi connectivity index (χ1v) is 5.98. The number of allylic oxidation sites excluding steroid dienone is 1. The number of benzene rings is 1. The predicted molar refractivity (Wildman–Crippen MR) is 69.5 cm³/mol. The fraction of sp³-hybridized carbons (Fsp3) is 0.0769. The molecule has 0 fully saturated rings. The maximum absolute atomic E-state index is 11.0. The van der Waals surface area contributed by atoms with Crippen LogP contribution in [0, 0.1) is 0 Å². The highest BCUT2D eigenvalue weighted by molar-refractivity contribution is 8.03. The first kappa shape index (κ1) is 11.7. The number of hydrogen-bond acceptors (Lipinski definition) is 3. The molecule has 0 aliphatic carbocycles. The summed E-state index contributed by atoms with van der Waals surface area (Å²) in [6, 6.07) is 9.76. The first-order valence-electron chi connectivity index (χ1n) is 5.16. The predicted octanol–water partition coefficient (Wildman–Crippen LogP) is 2.75. The highest BCUT2D eigenvalue weighted by atomic mass is 32.2. The van der Waals surface area contributed by atoms with E-state index in [1.807, 2.05) is 54.2 Å². The van der Waals surface area contributed by atoms with Gasteiger partial charge in [0.15, 0.2) is 11.4 Å². The monoisotopic (exact) mass is 244 g/mol. The quantitative estimate of drug-likeness (QED) is 0.471. The summed E-state index contributed by atoms with van der Waals surface area (Å²) >= 11 is 1.36. The lowest BCUT2D eigenvalue weighted by Crippen LogP contribution is -1.90. The second kappa shape index (κ2) is 5.50. The summed E-state index contributed by atoms with van der Waals surface area (Å²) in [5.74, 6) is 0. The van der Waals surface area contributed by atoms with Gasteiger partial charge in [0.25, 0.3) is 0 Å². The van der Waals surface area contributed by atoms with Crippen LogP contribution < -0.4 is 0 Å². The van der Waals surface area contributed by atoms with Crippen molar-refractivity contribution in [3.63, 3.8) is 0 Å². The van der Waals surface area contributed by atoms with Gasteiger partial charge >= 0.3 is 0 Å². The fourth-order valence-electron chi connectivity index (χ4n) is 1.36. The summed E-state index contributed by atoms with van der Waals surface area (Å²) < 4.78 is 1.88. The Labute approximate surface area is 104 Å². The zero-order chi connectivity index (χ0) is 12.1. The van der Waals surface area contributed by atoms with Crippen molar-refractivity contribution in [2.45, 2.75) is 5.16 Å². The Bertz CT molecular complexity index is 531. The molecule has 4 heteroatoms. The zero-order valence-electron chi connectivity index (χ0n) is 9.41. The maximum atomic E-state index is 11.0. The van der Waals surface area contributed by atoms with Crippen molar-refractivity contribution in [1.29, 1.82) is 0 Å². The third-order valence-corrected chi connectivity index (χ3v) is 3.24. The van der Waals surface area contributed by atoms with E-state index in [1.165, 1.54) is 11.8 Å². The van der Waals surface area contributed by atoms with E-state index in [0.717, 1.165) is 17.0 Å². The smallest absolute Gasteiger partial charge is 0.172 e. The van der Waals surface area contributed by atoms with Crippen molar-refractivity contribution in [1.82, 2.24) is 9.55 Å². The number of hydrogen-bond donors (Lipinski definition) is 0. The van der Waals surface area contributed by atoms with E-state index in [2.05, 4.69) is 4.98 Å². The number of aromatic nitrogens is 2. The number of carbonyl (C=O) groups excluding carboxylic acids is 1. The van der Waals surface area contributed by atoms with Crippen LogP contribution in [-0.4, -0.2) is 15.8 Å². The van der Waals surface area contributed by atoms with Crippen molar-refractivity contribution < 1.29 is 4.79 Å². The summed E-state index contributed by atoms with van der Waals surface area (Å²) in [5.41, 5.74) is 1.01. The minimum Gasteiger partial charge on any atom is -0.329 e. The van der Waals surface area contributed by atoms with Crippen molar-refractivity contribution in [2.75, 3.05) is 0 Å². The Hall–Kier alpha value is -1.81. The molecule has 0 amide bonds. The van der Waals surface area contributed by atoms with Crippen LogP contribution in [0.5, 0.6) is 0 Å². The molecule has 0 spiro atoms. The minimum absolute atomic E-state index is 0.644. The fourth-order valence-corrected chi connectivity index (χ4v) is 2.13. The van der Waals surface area contributed by atoms with Gasteiger partial charge in [-0.2, -0.15) is 0 Å². The summed E-state index contributed by atoms with van der Waals surface area (Å²) in [7, 11) is 1.90. The van der Waals surface area contributed by atoms with Crippen LogP contribution in [0.1, 0.15) is 5.56 Å². The van der Waals surface area contributed by atoms with Crippen LogP contribution in [0.3, 0.4) is 0 Å². The van der Waals surface area contributed by atoms with Gasteiger partial charge in [-0.3, -0.25) is 4.79 Å². The number of nitrogens with zero attached hydrogens (tertiary/aromatic N) is 2. The van der Waals surface area contributed by atoms with E-state index in [-0.39, 0.29) is 0 Å². The van der Waals surface area contributed by atoms with Gasteiger partial charge in [-0.05, 0) is 23.4 Å². The molecule has 0 aliphatic heterocycles. The lowest BCUT2D eigenvalue weighted by atomic mass is 10.2. The van der Waals surface area contributed by atoms with Crippen LogP contribution >= 0.6 is 11.8 Å². The van der Waals surface area contributed by atoms with Crippen LogP contribution in [0.15, 0.2) is 52.8 Å². The van der Waals surface area contributed by atoms with Crippen molar-refractivity contribution in [2.24, 2.45) is 7.05 Å². The maximum Gasteiger partial charge on any atom is 0.172 e. The number of aldehydes is 1. The van der Waals surface area contributed by atoms with Gasteiger partial charge in [0.2, 0.25) is 0 Å². The largest absolute Gasteiger partial charge is 0.329 e. The lowest BCUT2D eigenvalue weighted by Gasteiger charge is -2.00. The van der Waals surface area contributed by atoms with E-state index in [1.54, 1.807) is 6.20 Å². The molecule has 1 aromatic carbocycles. The van der Waals surface area contributed by atoms with Gasteiger partial charge in [0.05, 0.1) is 4.91 Å². The Balaban J connectivity index is 2.20. The Morgan fingerprint density at radius 2 is 2.12 bits per heavy atom. The topological polar surface area (TPSA) is 34.9 Å². The van der Waals surface area contributed by atoms with Crippen molar-refractivity contribution >= 4 is 24.1 Å². The number of aryl methyl sites for hydroxylation is 1.